The molecule has 0 saturated carbocycles. The molecule has 0 atom stereocenters. The minimum absolute atomic E-state index is 0.0243. The molecule has 1 saturated heterocycles. The van der Waals surface area contributed by atoms with E-state index < -0.39 is 0 Å². The molecule has 0 aromatic heterocycles. The van der Waals surface area contributed by atoms with Crippen molar-refractivity contribution >= 4 is 12.0 Å². The molecule has 0 N–H and O–H groups in total. The number of carbonyl (C=O) groups excluding carboxylic acids is 2. The molecule has 0 bridgehead atoms. The highest BCUT2D eigenvalue weighted by molar-refractivity contribution is 5.94. The minimum Gasteiger partial charge on any atom is -0.450 e. The van der Waals surface area contributed by atoms with Gasteiger partial charge in [0.2, 0.25) is 0 Å². The Hall–Kier alpha value is -2.08. The summed E-state index contributed by atoms with van der Waals surface area (Å²) in [5, 5.41) is 0. The lowest BCUT2D eigenvalue weighted by Gasteiger charge is -2.34. The molecule has 0 aliphatic carbocycles. The number of nitrogens with zero attached hydrogens (tertiary/aromatic N) is 3. The summed E-state index contributed by atoms with van der Waals surface area (Å²) in [6, 6.07) is 8.38. The van der Waals surface area contributed by atoms with Crippen LogP contribution < -0.4 is 0 Å². The van der Waals surface area contributed by atoms with Gasteiger partial charge in [0.1, 0.15) is 0 Å². The van der Waals surface area contributed by atoms with Gasteiger partial charge in [0.15, 0.2) is 0 Å². The van der Waals surface area contributed by atoms with Crippen LogP contribution in [0.5, 0.6) is 0 Å². The maximum atomic E-state index is 12.7. The summed E-state index contributed by atoms with van der Waals surface area (Å²) in [6.07, 6.45) is -0.297. The van der Waals surface area contributed by atoms with Crippen LogP contribution in [0, 0.1) is 0 Å². The molecule has 26 heavy (non-hydrogen) atoms. The van der Waals surface area contributed by atoms with Crippen LogP contribution in [0.25, 0.3) is 0 Å². The van der Waals surface area contributed by atoms with Gasteiger partial charge in [-0.25, -0.2) is 4.79 Å². The van der Waals surface area contributed by atoms with Crippen LogP contribution in [-0.2, 0) is 11.3 Å². The molecule has 144 valence electrons. The quantitative estimate of drug-likeness (QED) is 0.782. The zero-order chi connectivity index (χ0) is 19.1. The third-order valence-electron chi connectivity index (χ3n) is 4.82. The van der Waals surface area contributed by atoms with Gasteiger partial charge >= 0.3 is 6.09 Å². The topological polar surface area (TPSA) is 53.1 Å². The van der Waals surface area contributed by atoms with Gasteiger partial charge in [-0.05, 0) is 45.0 Å². The van der Waals surface area contributed by atoms with Gasteiger partial charge in [0.05, 0.1) is 6.61 Å². The van der Waals surface area contributed by atoms with Crippen LogP contribution in [0.15, 0.2) is 24.3 Å². The fourth-order valence-corrected chi connectivity index (χ4v) is 3.14. The Balaban J connectivity index is 1.91. The monoisotopic (exact) mass is 361 g/mol. The predicted octanol–water partition coefficient (Wildman–Crippen LogP) is 2.83. The highest BCUT2D eigenvalue weighted by Crippen LogP contribution is 2.13. The minimum atomic E-state index is -0.297. The van der Waals surface area contributed by atoms with Crippen molar-refractivity contribution in [1.82, 2.24) is 14.7 Å². The largest absolute Gasteiger partial charge is 0.450 e. The van der Waals surface area contributed by atoms with Crippen molar-refractivity contribution in [2.75, 3.05) is 39.3 Å². The van der Waals surface area contributed by atoms with E-state index in [0.29, 0.717) is 44.4 Å². The van der Waals surface area contributed by atoms with Crippen molar-refractivity contribution in [2.24, 2.45) is 0 Å². The van der Waals surface area contributed by atoms with Crippen molar-refractivity contribution in [1.29, 1.82) is 0 Å². The van der Waals surface area contributed by atoms with Crippen LogP contribution in [0.2, 0.25) is 0 Å². The highest BCUT2D eigenvalue weighted by Gasteiger charge is 2.25. The number of piperazine rings is 1. The molecule has 1 aliphatic heterocycles. The fourth-order valence-electron chi connectivity index (χ4n) is 3.14. The second kappa shape index (κ2) is 9.57. The molecule has 2 amide bonds. The second-order valence-electron chi connectivity index (χ2n) is 6.83. The van der Waals surface area contributed by atoms with E-state index in [0.717, 1.165) is 13.1 Å². The lowest BCUT2D eigenvalue weighted by molar-refractivity contribution is 0.0570. The first-order chi connectivity index (χ1) is 12.5. The van der Waals surface area contributed by atoms with Crippen LogP contribution >= 0.6 is 0 Å². The van der Waals surface area contributed by atoms with Crippen molar-refractivity contribution in [3.8, 4) is 0 Å². The molecule has 0 spiro atoms. The number of rotatable bonds is 6. The molecular weight excluding hydrogens is 330 g/mol. The van der Waals surface area contributed by atoms with E-state index >= 15 is 0 Å². The summed E-state index contributed by atoms with van der Waals surface area (Å²) in [5.74, 6) is 0.0243. The number of ether oxygens (including phenoxy) is 1. The van der Waals surface area contributed by atoms with Gasteiger partial charge in [0.25, 0.3) is 5.91 Å². The van der Waals surface area contributed by atoms with Crippen molar-refractivity contribution in [3.63, 3.8) is 0 Å². The molecule has 2 rings (SSSR count). The van der Waals surface area contributed by atoms with Crippen LogP contribution in [0.4, 0.5) is 4.79 Å². The summed E-state index contributed by atoms with van der Waals surface area (Å²) in [6.45, 7) is 12.7. The zero-order valence-electron chi connectivity index (χ0n) is 16.4. The first-order valence-corrected chi connectivity index (χ1v) is 9.50. The van der Waals surface area contributed by atoms with Gasteiger partial charge in [0, 0.05) is 44.3 Å². The summed E-state index contributed by atoms with van der Waals surface area (Å²) < 4.78 is 5.01. The molecule has 1 aliphatic rings. The number of amides is 2. The van der Waals surface area contributed by atoms with Crippen molar-refractivity contribution < 1.29 is 14.3 Å². The van der Waals surface area contributed by atoms with Gasteiger partial charge < -0.3 is 14.5 Å². The van der Waals surface area contributed by atoms with Gasteiger partial charge in [-0.15, -0.1) is 0 Å². The lowest BCUT2D eigenvalue weighted by atomic mass is 10.1. The molecule has 0 unspecified atom stereocenters. The molecule has 6 heteroatoms. The Morgan fingerprint density at radius 2 is 1.62 bits per heavy atom. The van der Waals surface area contributed by atoms with E-state index in [9.17, 15) is 9.59 Å². The summed E-state index contributed by atoms with van der Waals surface area (Å²) in [7, 11) is 0. The van der Waals surface area contributed by atoms with E-state index in [2.05, 4.69) is 25.7 Å². The van der Waals surface area contributed by atoms with E-state index in [1.807, 2.05) is 24.3 Å². The van der Waals surface area contributed by atoms with E-state index in [1.165, 1.54) is 5.56 Å². The summed E-state index contributed by atoms with van der Waals surface area (Å²) in [4.78, 5) is 30.3. The highest BCUT2D eigenvalue weighted by atomic mass is 16.6. The molecular formula is C20H31N3O3. The van der Waals surface area contributed by atoms with Crippen molar-refractivity contribution in [3.05, 3.63) is 35.4 Å². The number of hydrogen-bond donors (Lipinski definition) is 0. The summed E-state index contributed by atoms with van der Waals surface area (Å²) in [5.41, 5.74) is 1.91. The Morgan fingerprint density at radius 3 is 2.12 bits per heavy atom. The van der Waals surface area contributed by atoms with Crippen LogP contribution in [0.1, 0.15) is 43.6 Å². The fraction of sp³-hybridized carbons (Fsp3) is 0.600. The van der Waals surface area contributed by atoms with Gasteiger partial charge in [-0.2, -0.15) is 0 Å². The molecule has 1 fully saturated rings. The molecule has 1 aromatic rings. The first-order valence-electron chi connectivity index (χ1n) is 9.50. The maximum Gasteiger partial charge on any atom is 0.409 e. The molecule has 6 nitrogen and oxygen atoms in total. The van der Waals surface area contributed by atoms with Gasteiger partial charge in [-0.3, -0.25) is 9.69 Å². The number of carbonyl (C=O) groups is 2. The van der Waals surface area contributed by atoms with E-state index in [4.69, 9.17) is 4.74 Å². The third-order valence-corrected chi connectivity index (χ3v) is 4.82. The standard InChI is InChI=1S/C20H31N3O3/c1-5-21(16(3)4)15-17-7-9-18(10-8-17)19(24)22-11-13-23(14-12-22)20(25)26-6-2/h7-10,16H,5-6,11-15H2,1-4H3. The molecule has 1 heterocycles. The smallest absolute Gasteiger partial charge is 0.409 e. The van der Waals surface area contributed by atoms with Crippen LogP contribution in [0.3, 0.4) is 0 Å². The SMILES string of the molecule is CCOC(=O)N1CCN(C(=O)c2ccc(CN(CC)C(C)C)cc2)CC1. The Morgan fingerprint density at radius 1 is 1.04 bits per heavy atom. The molecule has 1 aromatic carbocycles. The van der Waals surface area contributed by atoms with Gasteiger partial charge in [-0.1, -0.05) is 19.1 Å². The number of benzene rings is 1. The lowest BCUT2D eigenvalue weighted by Crippen LogP contribution is -2.50. The average molecular weight is 361 g/mol. The summed E-state index contributed by atoms with van der Waals surface area (Å²) >= 11 is 0. The van der Waals surface area contributed by atoms with E-state index in [-0.39, 0.29) is 12.0 Å². The number of hydrogen-bond acceptors (Lipinski definition) is 4. The third kappa shape index (κ3) is 5.21. The average Bonchev–Trinajstić information content (AvgIpc) is 2.66. The normalized spacial score (nSPS) is 14.8. The zero-order valence-corrected chi connectivity index (χ0v) is 16.4. The van der Waals surface area contributed by atoms with Crippen LogP contribution in [-0.4, -0.2) is 72.1 Å². The Kier molecular flexibility index (Phi) is 7.45. The molecule has 0 radical (unpaired) electrons. The first kappa shape index (κ1) is 20.2. The van der Waals surface area contributed by atoms with E-state index in [1.54, 1.807) is 16.7 Å². The Bertz CT molecular complexity index is 593. The predicted molar refractivity (Wildman–Crippen MR) is 102 cm³/mol. The Labute approximate surface area is 156 Å². The maximum absolute atomic E-state index is 12.7. The second-order valence-corrected chi connectivity index (χ2v) is 6.83. The van der Waals surface area contributed by atoms with Crippen molar-refractivity contribution in [2.45, 2.75) is 40.3 Å².